The highest BCUT2D eigenvalue weighted by Gasteiger charge is 2.16. The first-order chi connectivity index (χ1) is 13.8. The predicted octanol–water partition coefficient (Wildman–Crippen LogP) is 3.05. The van der Waals surface area contributed by atoms with Gasteiger partial charge in [-0.15, -0.1) is 0 Å². The number of anilines is 1. The average Bonchev–Trinajstić information content (AvgIpc) is 2.98. The van der Waals surface area contributed by atoms with Crippen LogP contribution in [0.4, 0.5) is 5.82 Å². The third kappa shape index (κ3) is 5.03. The van der Waals surface area contributed by atoms with E-state index in [1.807, 2.05) is 12.3 Å². The van der Waals surface area contributed by atoms with Crippen LogP contribution in [0, 0.1) is 0 Å². The van der Waals surface area contributed by atoms with Crippen molar-refractivity contribution < 1.29 is 4.74 Å². The highest BCUT2D eigenvalue weighted by Crippen LogP contribution is 2.23. The Morgan fingerprint density at radius 1 is 1.00 bits per heavy atom. The van der Waals surface area contributed by atoms with Gasteiger partial charge < -0.3 is 19.4 Å². The van der Waals surface area contributed by atoms with Crippen LogP contribution in [0.15, 0.2) is 42.6 Å². The molecule has 0 saturated carbocycles. The number of rotatable bonds is 6. The molecule has 150 valence electrons. The molecule has 2 aliphatic heterocycles. The van der Waals surface area contributed by atoms with Crippen molar-refractivity contribution >= 4 is 5.82 Å². The van der Waals surface area contributed by atoms with E-state index in [2.05, 4.69) is 57.1 Å². The molecule has 0 atom stereocenters. The lowest BCUT2D eigenvalue weighted by molar-refractivity contribution is 0.244. The molecular formula is C23H32N4O. The monoisotopic (exact) mass is 380 g/mol. The van der Waals surface area contributed by atoms with E-state index in [4.69, 9.17) is 4.74 Å². The van der Waals surface area contributed by atoms with Crippen molar-refractivity contribution in [3.05, 3.63) is 53.7 Å². The SMILES string of the molecule is CN1CCc2cc(OCCCN3CCCN(c4ccccn4)CC3)ccc2C1. The van der Waals surface area contributed by atoms with Crippen LogP contribution in [0.2, 0.25) is 0 Å². The van der Waals surface area contributed by atoms with Crippen molar-refractivity contribution in [3.63, 3.8) is 0 Å². The Labute approximate surface area is 168 Å². The number of nitrogens with zero attached hydrogens (tertiary/aromatic N) is 4. The van der Waals surface area contributed by atoms with Gasteiger partial charge in [0, 0.05) is 45.5 Å². The van der Waals surface area contributed by atoms with Gasteiger partial charge in [-0.05, 0) is 68.2 Å². The van der Waals surface area contributed by atoms with Gasteiger partial charge in [-0.25, -0.2) is 4.98 Å². The molecular weight excluding hydrogens is 348 g/mol. The standard InChI is InChI=1S/C23H32N4O/c1-25-14-9-20-18-22(8-7-21(20)19-25)28-17-5-12-26-11-4-13-27(16-15-26)23-6-2-3-10-24-23/h2-3,6-8,10,18H,4-5,9,11-17,19H2,1H3. The third-order valence-corrected chi connectivity index (χ3v) is 5.83. The number of hydrogen-bond acceptors (Lipinski definition) is 5. The van der Waals surface area contributed by atoms with E-state index in [1.54, 1.807) is 0 Å². The van der Waals surface area contributed by atoms with Crippen LogP contribution in [0.5, 0.6) is 5.75 Å². The minimum Gasteiger partial charge on any atom is -0.494 e. The van der Waals surface area contributed by atoms with E-state index >= 15 is 0 Å². The summed E-state index contributed by atoms with van der Waals surface area (Å²) in [5, 5.41) is 0. The van der Waals surface area contributed by atoms with Crippen molar-refractivity contribution in [2.75, 3.05) is 57.8 Å². The maximum absolute atomic E-state index is 6.05. The summed E-state index contributed by atoms with van der Waals surface area (Å²) >= 11 is 0. The minimum atomic E-state index is 0.791. The number of benzene rings is 1. The molecule has 0 spiro atoms. The lowest BCUT2D eigenvalue weighted by Gasteiger charge is -2.25. The fraction of sp³-hybridized carbons (Fsp3) is 0.522. The van der Waals surface area contributed by atoms with Gasteiger partial charge in [-0.1, -0.05) is 12.1 Å². The molecule has 1 aromatic heterocycles. The second kappa shape index (κ2) is 9.39. The lowest BCUT2D eigenvalue weighted by atomic mass is 10.00. The molecule has 5 heteroatoms. The molecule has 0 aliphatic carbocycles. The van der Waals surface area contributed by atoms with Gasteiger partial charge in [0.05, 0.1) is 6.61 Å². The van der Waals surface area contributed by atoms with Gasteiger partial charge in [-0.3, -0.25) is 0 Å². The summed E-state index contributed by atoms with van der Waals surface area (Å²) < 4.78 is 6.05. The quantitative estimate of drug-likeness (QED) is 0.719. The van der Waals surface area contributed by atoms with Gasteiger partial charge in [-0.2, -0.15) is 0 Å². The molecule has 1 aromatic carbocycles. The number of aromatic nitrogens is 1. The van der Waals surface area contributed by atoms with Crippen molar-refractivity contribution in [3.8, 4) is 5.75 Å². The van der Waals surface area contributed by atoms with Crippen molar-refractivity contribution in [2.24, 2.45) is 0 Å². The topological polar surface area (TPSA) is 31.8 Å². The lowest BCUT2D eigenvalue weighted by Crippen LogP contribution is -2.32. The van der Waals surface area contributed by atoms with Crippen LogP contribution in [0.25, 0.3) is 0 Å². The first-order valence-electron chi connectivity index (χ1n) is 10.6. The summed E-state index contributed by atoms with van der Waals surface area (Å²) in [6.07, 6.45) is 5.28. The van der Waals surface area contributed by atoms with Gasteiger partial charge in [0.25, 0.3) is 0 Å². The molecule has 1 fully saturated rings. The molecule has 3 heterocycles. The minimum absolute atomic E-state index is 0.791. The molecule has 0 radical (unpaired) electrons. The van der Waals surface area contributed by atoms with E-state index in [1.165, 1.54) is 17.5 Å². The molecule has 2 aliphatic rings. The second-order valence-corrected chi connectivity index (χ2v) is 7.99. The predicted molar refractivity (Wildman–Crippen MR) is 114 cm³/mol. The number of ether oxygens (including phenoxy) is 1. The average molecular weight is 381 g/mol. The Balaban J connectivity index is 1.19. The van der Waals surface area contributed by atoms with E-state index in [-0.39, 0.29) is 0 Å². The van der Waals surface area contributed by atoms with Gasteiger partial charge >= 0.3 is 0 Å². The Morgan fingerprint density at radius 3 is 2.86 bits per heavy atom. The molecule has 0 unspecified atom stereocenters. The summed E-state index contributed by atoms with van der Waals surface area (Å²) in [6.45, 7) is 8.50. The van der Waals surface area contributed by atoms with Crippen LogP contribution < -0.4 is 9.64 Å². The van der Waals surface area contributed by atoms with E-state index in [9.17, 15) is 0 Å². The van der Waals surface area contributed by atoms with E-state index in [0.29, 0.717) is 0 Å². The zero-order valence-electron chi connectivity index (χ0n) is 17.0. The molecule has 0 amide bonds. The molecule has 0 bridgehead atoms. The Morgan fingerprint density at radius 2 is 1.96 bits per heavy atom. The second-order valence-electron chi connectivity index (χ2n) is 7.99. The van der Waals surface area contributed by atoms with Crippen molar-refractivity contribution in [1.29, 1.82) is 0 Å². The van der Waals surface area contributed by atoms with Gasteiger partial charge in [0.2, 0.25) is 0 Å². The first-order valence-corrected chi connectivity index (χ1v) is 10.6. The van der Waals surface area contributed by atoms with Crippen molar-refractivity contribution in [2.45, 2.75) is 25.8 Å². The molecule has 5 nitrogen and oxygen atoms in total. The van der Waals surface area contributed by atoms with Crippen LogP contribution in [0.1, 0.15) is 24.0 Å². The summed E-state index contributed by atoms with van der Waals surface area (Å²) in [5.41, 5.74) is 2.90. The number of pyridine rings is 1. The Bertz CT molecular complexity index is 752. The third-order valence-electron chi connectivity index (χ3n) is 5.83. The fourth-order valence-electron chi connectivity index (χ4n) is 4.20. The fourth-order valence-corrected chi connectivity index (χ4v) is 4.20. The maximum atomic E-state index is 6.05. The smallest absolute Gasteiger partial charge is 0.128 e. The molecule has 4 rings (SSSR count). The zero-order chi connectivity index (χ0) is 19.2. The highest BCUT2D eigenvalue weighted by molar-refractivity contribution is 5.38. The highest BCUT2D eigenvalue weighted by atomic mass is 16.5. The molecule has 2 aromatic rings. The molecule has 0 N–H and O–H groups in total. The number of hydrogen-bond donors (Lipinski definition) is 0. The van der Waals surface area contributed by atoms with Gasteiger partial charge in [0.15, 0.2) is 0 Å². The van der Waals surface area contributed by atoms with E-state index in [0.717, 1.165) is 76.8 Å². The van der Waals surface area contributed by atoms with Crippen LogP contribution in [-0.2, 0) is 13.0 Å². The summed E-state index contributed by atoms with van der Waals surface area (Å²) in [7, 11) is 2.19. The Hall–Kier alpha value is -2.11. The molecule has 1 saturated heterocycles. The largest absolute Gasteiger partial charge is 0.494 e. The van der Waals surface area contributed by atoms with E-state index < -0.39 is 0 Å². The van der Waals surface area contributed by atoms with Crippen LogP contribution >= 0.6 is 0 Å². The van der Waals surface area contributed by atoms with Crippen LogP contribution in [-0.4, -0.2) is 67.7 Å². The Kier molecular flexibility index (Phi) is 6.45. The number of likely N-dealkylation sites (N-methyl/N-ethyl adjacent to an activating group) is 1. The van der Waals surface area contributed by atoms with Gasteiger partial charge in [0.1, 0.15) is 11.6 Å². The zero-order valence-corrected chi connectivity index (χ0v) is 17.0. The summed E-state index contributed by atoms with van der Waals surface area (Å²) in [6, 6.07) is 12.8. The number of fused-ring (bicyclic) bond motifs is 1. The summed E-state index contributed by atoms with van der Waals surface area (Å²) in [5.74, 6) is 2.13. The maximum Gasteiger partial charge on any atom is 0.128 e. The van der Waals surface area contributed by atoms with Crippen LogP contribution in [0.3, 0.4) is 0 Å². The molecule has 28 heavy (non-hydrogen) atoms. The first kappa shape index (κ1) is 19.2. The van der Waals surface area contributed by atoms with Crippen molar-refractivity contribution in [1.82, 2.24) is 14.8 Å². The summed E-state index contributed by atoms with van der Waals surface area (Å²) in [4.78, 5) is 11.8. The normalized spacial score (nSPS) is 18.5.